The van der Waals surface area contributed by atoms with Gasteiger partial charge in [0, 0.05) is 10.8 Å². The van der Waals surface area contributed by atoms with Gasteiger partial charge >= 0.3 is 5.97 Å². The lowest BCUT2D eigenvalue weighted by molar-refractivity contribution is 0.0687. The van der Waals surface area contributed by atoms with Crippen LogP contribution in [0.4, 0.5) is 0 Å². The van der Waals surface area contributed by atoms with Gasteiger partial charge in [-0.3, -0.25) is 0 Å². The van der Waals surface area contributed by atoms with E-state index >= 15 is 0 Å². The van der Waals surface area contributed by atoms with E-state index in [2.05, 4.69) is 17.0 Å². The Kier molecular flexibility index (Phi) is 4.07. The summed E-state index contributed by atoms with van der Waals surface area (Å²) in [5, 5.41) is 15.4. The average Bonchev–Trinajstić information content (AvgIpc) is 3.13. The van der Waals surface area contributed by atoms with Crippen molar-refractivity contribution in [2.24, 2.45) is 0 Å². The first-order chi connectivity index (χ1) is 11.8. The zero-order valence-electron chi connectivity index (χ0n) is 13.1. The van der Waals surface area contributed by atoms with Crippen molar-refractivity contribution in [2.75, 3.05) is 0 Å². The monoisotopic (exact) mass is 411 g/mol. The number of carbonyl (C=O) groups is 1. The number of thioether (sulfide) groups is 1. The maximum atomic E-state index is 11.5. The number of aryl methyl sites for hydroxylation is 1. The molecule has 3 aromatic rings. The second kappa shape index (κ2) is 6.02. The molecule has 0 spiro atoms. The van der Waals surface area contributed by atoms with Gasteiger partial charge < -0.3 is 5.11 Å². The van der Waals surface area contributed by atoms with Crippen molar-refractivity contribution in [3.8, 4) is 16.4 Å². The molecule has 25 heavy (non-hydrogen) atoms. The lowest BCUT2D eigenvalue weighted by Gasteiger charge is -2.21. The van der Waals surface area contributed by atoms with Gasteiger partial charge in [0.15, 0.2) is 5.69 Å². The Morgan fingerprint density at radius 2 is 2.00 bits per heavy atom. The van der Waals surface area contributed by atoms with E-state index < -0.39 is 5.97 Å². The molecule has 0 bridgehead atoms. The van der Waals surface area contributed by atoms with E-state index in [1.54, 1.807) is 18.7 Å². The van der Waals surface area contributed by atoms with Crippen LogP contribution in [-0.4, -0.2) is 25.8 Å². The van der Waals surface area contributed by atoms with E-state index in [1.807, 2.05) is 12.1 Å². The number of carboxylic acid groups (broad SMARTS) is 1. The minimum absolute atomic E-state index is 0.0935. The van der Waals surface area contributed by atoms with Gasteiger partial charge in [-0.15, -0.1) is 11.8 Å². The lowest BCUT2D eigenvalue weighted by Crippen LogP contribution is -2.07. The van der Waals surface area contributed by atoms with Crippen LogP contribution < -0.4 is 0 Å². The largest absolute Gasteiger partial charge is 0.477 e. The summed E-state index contributed by atoms with van der Waals surface area (Å²) in [6, 6.07) is 5.23. The van der Waals surface area contributed by atoms with Crippen LogP contribution in [0, 0.1) is 6.92 Å². The number of aromatic carboxylic acids is 1. The fourth-order valence-electron chi connectivity index (χ4n) is 2.76. The maximum absolute atomic E-state index is 11.5. The Balaban J connectivity index is 1.91. The summed E-state index contributed by atoms with van der Waals surface area (Å²) in [4.78, 5) is 16.1. The van der Waals surface area contributed by atoms with Crippen LogP contribution in [0.2, 0.25) is 10.0 Å². The van der Waals surface area contributed by atoms with Crippen LogP contribution in [0.5, 0.6) is 0 Å². The number of rotatable bonds is 2. The molecule has 5 nitrogen and oxygen atoms in total. The van der Waals surface area contributed by atoms with Crippen LogP contribution in [-0.2, 0) is 0 Å². The van der Waals surface area contributed by atoms with Gasteiger partial charge in [0.25, 0.3) is 0 Å². The molecule has 0 fully saturated rings. The van der Waals surface area contributed by atoms with E-state index in [0.29, 0.717) is 20.9 Å². The van der Waals surface area contributed by atoms with E-state index in [0.717, 1.165) is 21.0 Å². The average molecular weight is 412 g/mol. The third kappa shape index (κ3) is 2.75. The highest BCUT2D eigenvalue weighted by Gasteiger charge is 2.29. The summed E-state index contributed by atoms with van der Waals surface area (Å²) in [5.74, 6) is -1.04. The van der Waals surface area contributed by atoms with Crippen molar-refractivity contribution < 1.29 is 9.90 Å². The minimum atomic E-state index is -1.04. The summed E-state index contributed by atoms with van der Waals surface area (Å²) in [6.07, 6.45) is 0. The topological polar surface area (TPSA) is 68.0 Å². The molecule has 0 saturated heterocycles. The second-order valence-corrected chi connectivity index (χ2v) is 9.04. The number of nitrogens with zero attached hydrogens (tertiary/aromatic N) is 3. The first-order valence-corrected chi connectivity index (χ1v) is 9.77. The number of thiazole rings is 1. The Bertz CT molecular complexity index is 1030. The van der Waals surface area contributed by atoms with Crippen molar-refractivity contribution in [3.63, 3.8) is 0 Å². The van der Waals surface area contributed by atoms with E-state index in [1.165, 1.54) is 22.1 Å². The smallest absolute Gasteiger partial charge is 0.354 e. The predicted molar refractivity (Wildman–Crippen MR) is 101 cm³/mol. The molecule has 9 heteroatoms. The normalized spacial score (nSPS) is 15.8. The molecule has 0 radical (unpaired) electrons. The summed E-state index contributed by atoms with van der Waals surface area (Å²) >= 11 is 15.4. The highest BCUT2D eigenvalue weighted by Crippen LogP contribution is 2.52. The van der Waals surface area contributed by atoms with Gasteiger partial charge in [0.05, 0.1) is 25.6 Å². The lowest BCUT2D eigenvalue weighted by atomic mass is 10.0. The Hall–Kier alpha value is -1.54. The van der Waals surface area contributed by atoms with Crippen molar-refractivity contribution in [1.82, 2.24) is 14.8 Å². The number of halogens is 2. The molecule has 1 unspecified atom stereocenters. The van der Waals surface area contributed by atoms with Gasteiger partial charge in [0.1, 0.15) is 0 Å². The van der Waals surface area contributed by atoms with Crippen molar-refractivity contribution in [2.45, 2.75) is 23.3 Å². The van der Waals surface area contributed by atoms with Crippen molar-refractivity contribution in [3.05, 3.63) is 45.2 Å². The minimum Gasteiger partial charge on any atom is -0.477 e. The molecule has 1 aliphatic rings. The molecule has 0 aliphatic carbocycles. The molecule has 2 aromatic heterocycles. The molecule has 4 rings (SSSR count). The molecular formula is C16H11Cl2N3O2S2. The molecule has 128 valence electrons. The maximum Gasteiger partial charge on any atom is 0.354 e. The quantitative estimate of drug-likeness (QED) is 0.604. The van der Waals surface area contributed by atoms with Crippen molar-refractivity contribution >= 4 is 52.3 Å². The molecule has 0 amide bonds. The third-order valence-corrected chi connectivity index (χ3v) is 6.99. The number of benzene rings is 1. The number of hydrogen-bond acceptors (Lipinski definition) is 5. The molecule has 0 saturated carbocycles. The standard InChI is InChI=1S/C16H11Cl2N3O2S2/c1-6-3-12(14(22)23)21(20-6)16-19-13-9-5-11(18)10(17)4-8(9)7(2)24-15(13)25-16/h3-5,7H,1-2H3,(H,22,23). The van der Waals surface area contributed by atoms with Crippen LogP contribution in [0.3, 0.4) is 0 Å². The molecule has 1 N–H and O–H groups in total. The van der Waals surface area contributed by atoms with Crippen LogP contribution in [0.25, 0.3) is 16.4 Å². The Labute approximate surface area is 161 Å². The highest BCUT2D eigenvalue weighted by atomic mass is 35.5. The molecule has 1 atom stereocenters. The van der Waals surface area contributed by atoms with Crippen LogP contribution in [0.1, 0.15) is 33.9 Å². The van der Waals surface area contributed by atoms with E-state index in [-0.39, 0.29) is 10.9 Å². The van der Waals surface area contributed by atoms with E-state index in [4.69, 9.17) is 23.2 Å². The first-order valence-electron chi connectivity index (χ1n) is 7.32. The van der Waals surface area contributed by atoms with Gasteiger partial charge in [-0.05, 0) is 37.6 Å². The van der Waals surface area contributed by atoms with Crippen LogP contribution in [0.15, 0.2) is 22.4 Å². The zero-order chi connectivity index (χ0) is 17.9. The number of fused-ring (bicyclic) bond motifs is 3. The Morgan fingerprint density at radius 1 is 1.28 bits per heavy atom. The van der Waals surface area contributed by atoms with Crippen LogP contribution >= 0.6 is 46.3 Å². The zero-order valence-corrected chi connectivity index (χ0v) is 16.2. The summed E-state index contributed by atoms with van der Waals surface area (Å²) in [5.41, 5.74) is 3.51. The van der Waals surface area contributed by atoms with E-state index in [9.17, 15) is 9.90 Å². The summed E-state index contributed by atoms with van der Waals surface area (Å²) in [6.45, 7) is 3.85. The molecule has 1 aromatic carbocycles. The van der Waals surface area contributed by atoms with Gasteiger partial charge in [-0.1, -0.05) is 34.5 Å². The van der Waals surface area contributed by atoms with Gasteiger partial charge in [-0.25, -0.2) is 9.78 Å². The molecule has 3 heterocycles. The highest BCUT2D eigenvalue weighted by molar-refractivity contribution is 8.01. The number of hydrogen-bond donors (Lipinski definition) is 1. The Morgan fingerprint density at radius 3 is 2.72 bits per heavy atom. The number of carboxylic acids is 1. The summed E-state index contributed by atoms with van der Waals surface area (Å²) in [7, 11) is 0. The fourth-order valence-corrected chi connectivity index (χ4v) is 5.64. The second-order valence-electron chi connectivity index (χ2n) is 5.63. The molecule has 1 aliphatic heterocycles. The van der Waals surface area contributed by atoms with Gasteiger partial charge in [-0.2, -0.15) is 9.78 Å². The van der Waals surface area contributed by atoms with Crippen molar-refractivity contribution in [1.29, 1.82) is 0 Å². The number of aromatic nitrogens is 3. The van der Waals surface area contributed by atoms with Gasteiger partial charge in [0.2, 0.25) is 5.13 Å². The predicted octanol–water partition coefficient (Wildman–Crippen LogP) is 5.48. The first kappa shape index (κ1) is 16.9. The fraction of sp³-hybridized carbons (Fsp3) is 0.188. The summed E-state index contributed by atoms with van der Waals surface area (Å²) < 4.78 is 2.39. The SMILES string of the molecule is Cc1cc(C(=O)O)n(-c2nc3c(s2)SC(C)c2cc(Cl)c(Cl)cc2-3)n1. The molecular weight excluding hydrogens is 401 g/mol. The third-order valence-electron chi connectivity index (χ3n) is 3.89.